The monoisotopic (exact) mass is 364 g/mol. The van der Waals surface area contributed by atoms with Crippen LogP contribution in [0.15, 0.2) is 83.4 Å². The van der Waals surface area contributed by atoms with E-state index in [9.17, 15) is 4.79 Å². The number of ether oxygens (including phenoxy) is 1. The fourth-order valence-electron chi connectivity index (χ4n) is 2.86. The van der Waals surface area contributed by atoms with Gasteiger partial charge in [0.05, 0.1) is 12.6 Å². The van der Waals surface area contributed by atoms with E-state index < -0.39 is 0 Å². The molecular weight excluding hydrogens is 336 g/mol. The van der Waals surface area contributed by atoms with Crippen molar-refractivity contribution in [2.24, 2.45) is 4.99 Å². The number of rotatable bonds is 7. The second-order valence-corrected chi connectivity index (χ2v) is 6.54. The smallest absolute Gasteiger partial charge is 0.229 e. The Balaban J connectivity index is 1.96. The maximum atomic E-state index is 12.2. The number of aliphatic imine (C=N–C) groups is 1. The Hall–Kier alpha value is -2.72. The van der Waals surface area contributed by atoms with E-state index in [1.807, 2.05) is 69.3 Å². The molecule has 1 N–H and O–H groups in total. The van der Waals surface area contributed by atoms with Gasteiger partial charge >= 0.3 is 0 Å². The number of amidine groups is 1. The molecule has 1 heterocycles. The summed E-state index contributed by atoms with van der Waals surface area (Å²) in [5.74, 6) is 0.555. The Kier molecular flexibility index (Phi) is 7.96. The van der Waals surface area contributed by atoms with Crippen LogP contribution in [-0.2, 0) is 16.1 Å². The number of dihydropyridines is 1. The summed E-state index contributed by atoms with van der Waals surface area (Å²) in [7, 11) is 0. The van der Waals surface area contributed by atoms with E-state index in [-0.39, 0.29) is 18.1 Å². The molecule has 1 aliphatic heterocycles. The van der Waals surface area contributed by atoms with E-state index in [4.69, 9.17) is 4.74 Å². The number of hydrogen-bond donors (Lipinski definition) is 1. The highest BCUT2D eigenvalue weighted by molar-refractivity contribution is 6.08. The first-order valence-corrected chi connectivity index (χ1v) is 9.18. The van der Waals surface area contributed by atoms with Gasteiger partial charge in [0.15, 0.2) is 0 Å². The van der Waals surface area contributed by atoms with Gasteiger partial charge < -0.3 is 10.1 Å². The fraction of sp³-hybridized carbons (Fsp3) is 0.304. The fourth-order valence-corrected chi connectivity index (χ4v) is 2.86. The number of allylic oxidation sites excluding steroid dienone is 4. The molecule has 1 amide bonds. The zero-order valence-electron chi connectivity index (χ0n) is 16.3. The second-order valence-electron chi connectivity index (χ2n) is 6.54. The van der Waals surface area contributed by atoms with Gasteiger partial charge in [-0.3, -0.25) is 9.79 Å². The third kappa shape index (κ3) is 6.19. The van der Waals surface area contributed by atoms with Gasteiger partial charge in [-0.25, -0.2) is 0 Å². The summed E-state index contributed by atoms with van der Waals surface area (Å²) in [6, 6.07) is 10.0. The molecule has 2 unspecified atom stereocenters. The van der Waals surface area contributed by atoms with Gasteiger partial charge in [0.25, 0.3) is 0 Å². The van der Waals surface area contributed by atoms with Crippen LogP contribution in [0.25, 0.3) is 0 Å². The van der Waals surface area contributed by atoms with Crippen molar-refractivity contribution in [1.82, 2.24) is 5.32 Å². The third-order valence-corrected chi connectivity index (χ3v) is 4.47. The SMILES string of the molecule is C=C/C=C\C=C\CC(=O)NC1=NC(C)C(OCc2ccccc2)C(C)=C1C. The number of amides is 1. The number of hydrogen-bond acceptors (Lipinski definition) is 3. The minimum atomic E-state index is -0.0882. The molecule has 4 nitrogen and oxygen atoms in total. The first-order valence-electron chi connectivity index (χ1n) is 9.18. The average molecular weight is 364 g/mol. The number of carbonyl (C=O) groups is 1. The maximum Gasteiger partial charge on any atom is 0.229 e. The topological polar surface area (TPSA) is 50.7 Å². The van der Waals surface area contributed by atoms with Crippen LogP contribution < -0.4 is 5.32 Å². The molecule has 0 spiro atoms. The lowest BCUT2D eigenvalue weighted by Crippen LogP contribution is -2.39. The van der Waals surface area contributed by atoms with Crippen LogP contribution in [0.2, 0.25) is 0 Å². The third-order valence-electron chi connectivity index (χ3n) is 4.47. The molecule has 4 heteroatoms. The zero-order valence-corrected chi connectivity index (χ0v) is 16.3. The Labute approximate surface area is 162 Å². The van der Waals surface area contributed by atoms with Crippen molar-refractivity contribution >= 4 is 11.7 Å². The van der Waals surface area contributed by atoms with E-state index in [0.717, 1.165) is 16.7 Å². The molecular formula is C23H28N2O2. The predicted molar refractivity (Wildman–Crippen MR) is 112 cm³/mol. The zero-order chi connectivity index (χ0) is 19.6. The second kappa shape index (κ2) is 10.4. The molecule has 0 saturated carbocycles. The Morgan fingerprint density at radius 1 is 1.22 bits per heavy atom. The van der Waals surface area contributed by atoms with Crippen molar-refractivity contribution in [3.05, 3.63) is 84.0 Å². The highest BCUT2D eigenvalue weighted by Gasteiger charge is 2.27. The van der Waals surface area contributed by atoms with Crippen LogP contribution in [0.1, 0.15) is 32.8 Å². The molecule has 142 valence electrons. The van der Waals surface area contributed by atoms with E-state index >= 15 is 0 Å². The summed E-state index contributed by atoms with van der Waals surface area (Å²) >= 11 is 0. The number of benzene rings is 1. The molecule has 2 atom stereocenters. The molecule has 27 heavy (non-hydrogen) atoms. The minimum Gasteiger partial charge on any atom is -0.367 e. The van der Waals surface area contributed by atoms with Crippen molar-refractivity contribution in [3.63, 3.8) is 0 Å². The van der Waals surface area contributed by atoms with Crippen LogP contribution >= 0.6 is 0 Å². The summed E-state index contributed by atoms with van der Waals surface area (Å²) < 4.78 is 6.12. The standard InChI is InChI=1S/C23H28N2O2/c1-5-6-7-8-12-15-21(26)25-23-18(3)17(2)22(19(4)24-23)27-16-20-13-10-9-11-14-20/h5-14,19,22H,1,15-16H2,2-4H3,(H,24,25,26)/b7-6-,12-8+. The van der Waals surface area contributed by atoms with Crippen LogP contribution in [0.4, 0.5) is 0 Å². The van der Waals surface area contributed by atoms with Gasteiger partial charge in [0.1, 0.15) is 11.9 Å². The van der Waals surface area contributed by atoms with Gasteiger partial charge in [0, 0.05) is 6.42 Å². The highest BCUT2D eigenvalue weighted by Crippen LogP contribution is 2.24. The van der Waals surface area contributed by atoms with Gasteiger partial charge in [0.2, 0.25) is 5.91 Å². The molecule has 0 bridgehead atoms. The van der Waals surface area contributed by atoms with Gasteiger partial charge in [-0.1, -0.05) is 67.3 Å². The summed E-state index contributed by atoms with van der Waals surface area (Å²) in [5.41, 5.74) is 3.21. The number of carbonyl (C=O) groups excluding carboxylic acids is 1. The molecule has 1 aromatic rings. The maximum absolute atomic E-state index is 12.2. The molecule has 2 rings (SSSR count). The van der Waals surface area contributed by atoms with Crippen molar-refractivity contribution < 1.29 is 9.53 Å². The van der Waals surface area contributed by atoms with Gasteiger partial charge in [-0.2, -0.15) is 0 Å². The van der Waals surface area contributed by atoms with E-state index in [1.165, 1.54) is 0 Å². The first kappa shape index (κ1) is 20.6. The van der Waals surface area contributed by atoms with E-state index in [2.05, 4.69) is 16.9 Å². The van der Waals surface area contributed by atoms with Crippen LogP contribution in [0.3, 0.4) is 0 Å². The van der Waals surface area contributed by atoms with E-state index in [0.29, 0.717) is 18.9 Å². The molecule has 0 aliphatic carbocycles. The average Bonchev–Trinajstić information content (AvgIpc) is 2.66. The lowest BCUT2D eigenvalue weighted by atomic mass is 9.96. The summed E-state index contributed by atoms with van der Waals surface area (Å²) in [5, 5.41) is 2.92. The molecule has 0 aromatic heterocycles. The summed E-state index contributed by atoms with van der Waals surface area (Å²) in [6.07, 6.45) is 9.19. The minimum absolute atomic E-state index is 0.0567. The lowest BCUT2D eigenvalue weighted by Gasteiger charge is -2.30. The normalized spacial score (nSPS) is 20.2. The Bertz CT molecular complexity index is 773. The van der Waals surface area contributed by atoms with Crippen molar-refractivity contribution in [1.29, 1.82) is 0 Å². The van der Waals surface area contributed by atoms with Crippen LogP contribution in [-0.4, -0.2) is 23.9 Å². The quantitative estimate of drug-likeness (QED) is 0.724. The van der Waals surface area contributed by atoms with Crippen LogP contribution in [0, 0.1) is 0 Å². The van der Waals surface area contributed by atoms with Gasteiger partial charge in [-0.15, -0.1) is 0 Å². The van der Waals surface area contributed by atoms with E-state index in [1.54, 1.807) is 12.2 Å². The Morgan fingerprint density at radius 2 is 1.96 bits per heavy atom. The molecule has 1 aliphatic rings. The predicted octanol–water partition coefficient (Wildman–Crippen LogP) is 4.51. The molecule has 0 radical (unpaired) electrons. The van der Waals surface area contributed by atoms with Crippen LogP contribution in [0.5, 0.6) is 0 Å². The van der Waals surface area contributed by atoms with Gasteiger partial charge in [-0.05, 0) is 37.5 Å². The number of nitrogens with zero attached hydrogens (tertiary/aromatic N) is 1. The summed E-state index contributed by atoms with van der Waals surface area (Å²) in [4.78, 5) is 16.8. The largest absolute Gasteiger partial charge is 0.367 e. The number of nitrogens with one attached hydrogen (secondary N) is 1. The van der Waals surface area contributed by atoms with Crippen molar-refractivity contribution in [3.8, 4) is 0 Å². The van der Waals surface area contributed by atoms with Crippen molar-refractivity contribution in [2.45, 2.75) is 45.9 Å². The summed E-state index contributed by atoms with van der Waals surface area (Å²) in [6.45, 7) is 10.2. The first-order chi connectivity index (χ1) is 13.0. The highest BCUT2D eigenvalue weighted by atomic mass is 16.5. The molecule has 0 fully saturated rings. The Morgan fingerprint density at radius 3 is 2.67 bits per heavy atom. The lowest BCUT2D eigenvalue weighted by molar-refractivity contribution is -0.118. The van der Waals surface area contributed by atoms with Crippen molar-refractivity contribution in [2.75, 3.05) is 0 Å². The molecule has 1 aromatic carbocycles. The molecule has 0 saturated heterocycles.